The van der Waals surface area contributed by atoms with Crippen LogP contribution in [0, 0.1) is 11.7 Å². The maximum absolute atomic E-state index is 13.8. The van der Waals surface area contributed by atoms with Crippen LogP contribution < -0.4 is 10.6 Å². The van der Waals surface area contributed by atoms with Gasteiger partial charge in [0, 0.05) is 33.0 Å². The lowest BCUT2D eigenvalue weighted by Crippen LogP contribution is -2.59. The summed E-state index contributed by atoms with van der Waals surface area (Å²) in [7, 11) is 1.89. The molecule has 0 aliphatic carbocycles. The highest BCUT2D eigenvalue weighted by atomic mass is 32.1. The van der Waals surface area contributed by atoms with Crippen molar-refractivity contribution in [2.75, 3.05) is 25.5 Å². The van der Waals surface area contributed by atoms with Crippen molar-refractivity contribution in [2.45, 2.75) is 44.8 Å². The summed E-state index contributed by atoms with van der Waals surface area (Å²) in [6, 6.07) is 6.40. The smallest absolute Gasteiger partial charge is 0.241 e. The van der Waals surface area contributed by atoms with Crippen molar-refractivity contribution in [3.8, 4) is 0 Å². The normalized spacial score (nSPS) is 23.4. The van der Waals surface area contributed by atoms with E-state index in [1.165, 1.54) is 6.07 Å². The largest absolute Gasteiger partial charge is 0.349 e. The summed E-state index contributed by atoms with van der Waals surface area (Å²) in [5.74, 6) is 0.175. The second kappa shape index (κ2) is 7.48. The minimum absolute atomic E-state index is 0.111. The van der Waals surface area contributed by atoms with Gasteiger partial charge in [-0.05, 0) is 30.3 Å². The van der Waals surface area contributed by atoms with E-state index in [0.29, 0.717) is 16.7 Å². The van der Waals surface area contributed by atoms with Crippen LogP contribution in [0.1, 0.15) is 33.1 Å². The zero-order valence-corrected chi connectivity index (χ0v) is 16.4. The molecule has 2 heterocycles. The number of carbonyl (C=O) groups excluding carboxylic acids is 1. The number of halogens is 1. The molecule has 2 aliphatic rings. The average molecular weight is 379 g/mol. The van der Waals surface area contributed by atoms with Crippen molar-refractivity contribution in [2.24, 2.45) is 5.92 Å². The molecule has 3 rings (SSSR count). The second-order valence-corrected chi connectivity index (χ2v) is 7.72. The summed E-state index contributed by atoms with van der Waals surface area (Å²) in [6.07, 6.45) is 2.55. The summed E-state index contributed by atoms with van der Waals surface area (Å²) in [5, 5.41) is 7.12. The molecular formula is C19H27FN4OS. The first-order valence-electron chi connectivity index (χ1n) is 9.24. The molecule has 2 unspecified atom stereocenters. The number of para-hydroxylation sites is 1. The van der Waals surface area contributed by atoms with Gasteiger partial charge in [0.05, 0.1) is 17.4 Å². The van der Waals surface area contributed by atoms with E-state index in [9.17, 15) is 9.18 Å². The fraction of sp³-hybridized carbons (Fsp3) is 0.579. The maximum Gasteiger partial charge on any atom is 0.241 e. The van der Waals surface area contributed by atoms with Crippen LogP contribution in [-0.4, -0.2) is 52.7 Å². The van der Waals surface area contributed by atoms with Gasteiger partial charge >= 0.3 is 0 Å². The summed E-state index contributed by atoms with van der Waals surface area (Å²) in [4.78, 5) is 16.6. The van der Waals surface area contributed by atoms with Crippen molar-refractivity contribution in [1.29, 1.82) is 0 Å². The molecule has 2 fully saturated rings. The molecule has 0 aromatic heterocycles. The number of hydrogen-bond acceptors (Lipinski definition) is 3. The molecule has 0 bridgehead atoms. The number of rotatable bonds is 3. The first-order valence-corrected chi connectivity index (χ1v) is 9.64. The van der Waals surface area contributed by atoms with Crippen LogP contribution >= 0.6 is 12.2 Å². The molecule has 1 aromatic rings. The highest BCUT2D eigenvalue weighted by Gasteiger charge is 2.50. The lowest BCUT2D eigenvalue weighted by atomic mass is 9.95. The SMILES string of the molecule is CCC(C)C1NC2(CCN(C(=S)Nc3ccccc3F)CC2)N(C)C1=O. The molecule has 2 atom stereocenters. The van der Waals surface area contributed by atoms with Gasteiger partial charge in [0.15, 0.2) is 5.11 Å². The number of hydrogen-bond donors (Lipinski definition) is 2. The van der Waals surface area contributed by atoms with E-state index in [1.807, 2.05) is 16.8 Å². The van der Waals surface area contributed by atoms with Crippen molar-refractivity contribution in [1.82, 2.24) is 15.1 Å². The van der Waals surface area contributed by atoms with Gasteiger partial charge in [0.25, 0.3) is 0 Å². The number of carbonyl (C=O) groups is 1. The van der Waals surface area contributed by atoms with Crippen LogP contribution in [0.3, 0.4) is 0 Å². The molecule has 1 amide bonds. The zero-order valence-electron chi connectivity index (χ0n) is 15.6. The van der Waals surface area contributed by atoms with Gasteiger partial charge in [-0.1, -0.05) is 32.4 Å². The van der Waals surface area contributed by atoms with Crippen LogP contribution in [0.15, 0.2) is 24.3 Å². The number of piperidine rings is 1. The molecule has 1 spiro atoms. The summed E-state index contributed by atoms with van der Waals surface area (Å²) < 4.78 is 13.8. The van der Waals surface area contributed by atoms with Gasteiger partial charge in [-0.15, -0.1) is 0 Å². The lowest BCUT2D eigenvalue weighted by Gasteiger charge is -2.44. The number of nitrogens with zero attached hydrogens (tertiary/aromatic N) is 2. The molecule has 7 heteroatoms. The standard InChI is InChI=1S/C19H27FN4OS/c1-4-13(2)16-17(25)23(3)19(22-16)9-11-24(12-10-19)18(26)21-15-8-6-5-7-14(15)20/h5-8,13,16,22H,4,9-12H2,1-3H3,(H,21,26). The van der Waals surface area contributed by atoms with Crippen LogP contribution in [0.5, 0.6) is 0 Å². The number of likely N-dealkylation sites (tertiary alicyclic amines) is 1. The second-order valence-electron chi connectivity index (χ2n) is 7.33. The Bertz CT molecular complexity index is 690. The van der Waals surface area contributed by atoms with Crippen LogP contribution in [0.2, 0.25) is 0 Å². The molecule has 0 radical (unpaired) electrons. The summed E-state index contributed by atoms with van der Waals surface area (Å²) in [5.41, 5.74) is 0.0934. The van der Waals surface area contributed by atoms with Gasteiger partial charge < -0.3 is 15.1 Å². The van der Waals surface area contributed by atoms with Crippen molar-refractivity contribution >= 4 is 28.9 Å². The van der Waals surface area contributed by atoms with E-state index < -0.39 is 0 Å². The molecular weight excluding hydrogens is 351 g/mol. The third kappa shape index (κ3) is 3.42. The molecule has 1 aromatic carbocycles. The Balaban J connectivity index is 1.63. The van der Waals surface area contributed by atoms with E-state index in [0.717, 1.165) is 32.4 Å². The first-order chi connectivity index (χ1) is 12.4. The molecule has 5 nitrogen and oxygen atoms in total. The molecule has 2 aliphatic heterocycles. The Morgan fingerprint density at radius 2 is 2.08 bits per heavy atom. The van der Waals surface area contributed by atoms with Crippen LogP contribution in [0.25, 0.3) is 0 Å². The molecule has 2 saturated heterocycles. The summed E-state index contributed by atoms with van der Waals surface area (Å²) in [6.45, 7) is 5.67. The van der Waals surface area contributed by atoms with Gasteiger partial charge in [-0.25, -0.2) is 4.39 Å². The van der Waals surface area contributed by atoms with Crippen LogP contribution in [0.4, 0.5) is 10.1 Å². The number of nitrogens with one attached hydrogen (secondary N) is 2. The van der Waals surface area contributed by atoms with E-state index in [1.54, 1.807) is 18.2 Å². The number of anilines is 1. The van der Waals surface area contributed by atoms with Crippen molar-refractivity contribution < 1.29 is 9.18 Å². The Kier molecular flexibility index (Phi) is 5.48. The fourth-order valence-corrected chi connectivity index (χ4v) is 4.10. The van der Waals surface area contributed by atoms with Gasteiger partial charge in [0.1, 0.15) is 5.82 Å². The Hall–Kier alpha value is -1.73. The Labute approximate surface area is 159 Å². The Morgan fingerprint density at radius 3 is 2.69 bits per heavy atom. The zero-order chi connectivity index (χ0) is 18.9. The topological polar surface area (TPSA) is 47.6 Å². The van der Waals surface area contributed by atoms with Gasteiger partial charge in [-0.3, -0.25) is 10.1 Å². The molecule has 26 heavy (non-hydrogen) atoms. The highest BCUT2D eigenvalue weighted by Crippen LogP contribution is 2.33. The molecule has 0 saturated carbocycles. The predicted octanol–water partition coefficient (Wildman–Crippen LogP) is 2.79. The number of amides is 1. The van der Waals surface area contributed by atoms with Crippen LogP contribution in [-0.2, 0) is 4.79 Å². The van der Waals surface area contributed by atoms with Crippen molar-refractivity contribution in [3.63, 3.8) is 0 Å². The van der Waals surface area contributed by atoms with E-state index in [2.05, 4.69) is 24.5 Å². The molecule has 2 N–H and O–H groups in total. The molecule has 142 valence electrons. The third-order valence-electron chi connectivity index (χ3n) is 5.87. The summed E-state index contributed by atoms with van der Waals surface area (Å²) >= 11 is 5.46. The highest BCUT2D eigenvalue weighted by molar-refractivity contribution is 7.80. The Morgan fingerprint density at radius 1 is 1.42 bits per heavy atom. The van der Waals surface area contributed by atoms with Gasteiger partial charge in [-0.2, -0.15) is 0 Å². The average Bonchev–Trinajstić information content (AvgIpc) is 2.89. The number of likely N-dealkylation sites (N-methyl/N-ethyl adjacent to an activating group) is 1. The number of benzene rings is 1. The number of thiocarbonyl (C=S) groups is 1. The van der Waals surface area contributed by atoms with E-state index in [4.69, 9.17) is 12.2 Å². The minimum Gasteiger partial charge on any atom is -0.349 e. The maximum atomic E-state index is 13.8. The van der Waals surface area contributed by atoms with E-state index in [-0.39, 0.29) is 23.4 Å². The minimum atomic E-state index is -0.317. The monoisotopic (exact) mass is 378 g/mol. The third-order valence-corrected chi connectivity index (χ3v) is 6.23. The van der Waals surface area contributed by atoms with Crippen molar-refractivity contribution in [3.05, 3.63) is 30.1 Å². The first kappa shape index (κ1) is 19.0. The predicted molar refractivity (Wildman–Crippen MR) is 105 cm³/mol. The fourth-order valence-electron chi connectivity index (χ4n) is 3.81. The lowest BCUT2D eigenvalue weighted by molar-refractivity contribution is -0.132. The van der Waals surface area contributed by atoms with Gasteiger partial charge in [0.2, 0.25) is 5.91 Å². The van der Waals surface area contributed by atoms with E-state index >= 15 is 0 Å². The quantitative estimate of drug-likeness (QED) is 0.792.